The first-order chi connectivity index (χ1) is 6.85. The van der Waals surface area contributed by atoms with Gasteiger partial charge in [0.2, 0.25) is 5.88 Å². The molecule has 15 heavy (non-hydrogen) atoms. The second-order valence-electron chi connectivity index (χ2n) is 2.57. The highest BCUT2D eigenvalue weighted by atomic mass is 79.9. The number of halogens is 4. The van der Waals surface area contributed by atoms with Crippen molar-refractivity contribution < 1.29 is 17.9 Å². The Bertz CT molecular complexity index is 369. The molecule has 8 heteroatoms. The summed E-state index contributed by atoms with van der Waals surface area (Å²) < 4.78 is 39.2. The van der Waals surface area contributed by atoms with Gasteiger partial charge in [0.15, 0.2) is 0 Å². The van der Waals surface area contributed by atoms with Gasteiger partial charge in [0.1, 0.15) is 4.47 Å². The molecular weight excluding hydrogens is 279 g/mol. The van der Waals surface area contributed by atoms with Gasteiger partial charge in [-0.05, 0) is 15.9 Å². The molecule has 0 aliphatic rings. The first kappa shape index (κ1) is 12.1. The Morgan fingerprint density at radius 1 is 1.47 bits per heavy atom. The lowest BCUT2D eigenvalue weighted by Crippen LogP contribution is -2.19. The lowest BCUT2D eigenvalue weighted by molar-refractivity contribution is -0.276. The van der Waals surface area contributed by atoms with Gasteiger partial charge in [-0.25, -0.2) is 4.98 Å². The van der Waals surface area contributed by atoms with E-state index in [0.29, 0.717) is 5.56 Å². The molecule has 84 valence electrons. The highest BCUT2D eigenvalue weighted by molar-refractivity contribution is 9.10. The molecule has 1 heterocycles. The molecule has 0 aromatic carbocycles. The molecule has 0 saturated heterocycles. The van der Waals surface area contributed by atoms with E-state index in [1.165, 1.54) is 0 Å². The number of hydrogen-bond acceptors (Lipinski definition) is 4. The SMILES string of the molecule is NCc1cnc(OC(F)(F)F)c(Br)c1N. The molecule has 0 spiro atoms. The molecule has 0 unspecified atom stereocenters. The van der Waals surface area contributed by atoms with Crippen LogP contribution in [0.5, 0.6) is 5.88 Å². The molecular formula is C7H7BrF3N3O. The summed E-state index contributed by atoms with van der Waals surface area (Å²) in [6.07, 6.45) is -3.66. The van der Waals surface area contributed by atoms with Crippen LogP contribution >= 0.6 is 15.9 Å². The van der Waals surface area contributed by atoms with Crippen LogP contribution in [0.1, 0.15) is 5.56 Å². The van der Waals surface area contributed by atoms with Gasteiger partial charge in [0.05, 0.1) is 5.69 Å². The number of aromatic nitrogens is 1. The van der Waals surface area contributed by atoms with Crippen molar-refractivity contribution in [3.8, 4) is 5.88 Å². The zero-order valence-electron chi connectivity index (χ0n) is 7.31. The quantitative estimate of drug-likeness (QED) is 0.869. The van der Waals surface area contributed by atoms with E-state index < -0.39 is 12.2 Å². The van der Waals surface area contributed by atoms with Gasteiger partial charge >= 0.3 is 6.36 Å². The van der Waals surface area contributed by atoms with E-state index in [1.54, 1.807) is 0 Å². The summed E-state index contributed by atoms with van der Waals surface area (Å²) in [6, 6.07) is 0. The van der Waals surface area contributed by atoms with E-state index in [1.807, 2.05) is 0 Å². The molecule has 0 bridgehead atoms. The van der Waals surface area contributed by atoms with Gasteiger partial charge in [0.25, 0.3) is 0 Å². The summed E-state index contributed by atoms with van der Waals surface area (Å²) >= 11 is 2.86. The fourth-order valence-electron chi connectivity index (χ4n) is 0.862. The second kappa shape index (κ2) is 4.23. The maximum atomic E-state index is 11.9. The number of pyridine rings is 1. The van der Waals surface area contributed by atoms with Crippen LogP contribution in [-0.4, -0.2) is 11.3 Å². The number of nitrogens with two attached hydrogens (primary N) is 2. The number of hydrogen-bond donors (Lipinski definition) is 2. The van der Waals surface area contributed by atoms with Crippen LogP contribution in [0.3, 0.4) is 0 Å². The molecule has 4 nitrogen and oxygen atoms in total. The largest absolute Gasteiger partial charge is 0.574 e. The molecule has 1 rings (SSSR count). The third-order valence-corrected chi connectivity index (χ3v) is 2.31. The van der Waals surface area contributed by atoms with Gasteiger partial charge in [-0.15, -0.1) is 13.2 Å². The number of anilines is 1. The second-order valence-corrected chi connectivity index (χ2v) is 3.36. The number of nitrogen functional groups attached to an aromatic ring is 1. The van der Waals surface area contributed by atoms with E-state index in [9.17, 15) is 13.2 Å². The third-order valence-electron chi connectivity index (χ3n) is 1.54. The van der Waals surface area contributed by atoms with Crippen LogP contribution in [0.25, 0.3) is 0 Å². The van der Waals surface area contributed by atoms with Gasteiger partial charge in [-0.2, -0.15) is 0 Å². The Balaban J connectivity index is 3.07. The maximum absolute atomic E-state index is 11.9. The minimum absolute atomic E-state index is 0.0530. The fraction of sp³-hybridized carbons (Fsp3) is 0.286. The van der Waals surface area contributed by atoms with E-state index in [2.05, 4.69) is 25.7 Å². The van der Waals surface area contributed by atoms with Crippen LogP contribution < -0.4 is 16.2 Å². The Kier molecular flexibility index (Phi) is 3.40. The Morgan fingerprint density at radius 3 is 2.53 bits per heavy atom. The van der Waals surface area contributed by atoms with E-state index >= 15 is 0 Å². The molecule has 0 saturated carbocycles. The summed E-state index contributed by atoms with van der Waals surface area (Å²) in [5.41, 5.74) is 11.3. The van der Waals surface area contributed by atoms with Gasteiger partial charge in [-0.1, -0.05) is 0 Å². The number of alkyl halides is 3. The Morgan fingerprint density at radius 2 is 2.07 bits per heavy atom. The topological polar surface area (TPSA) is 74.2 Å². The minimum atomic E-state index is -4.80. The Labute approximate surface area is 91.5 Å². The summed E-state index contributed by atoms with van der Waals surface area (Å²) in [5, 5.41) is 0. The standard InChI is InChI=1S/C7H7BrF3N3O/c8-4-5(13)3(1-12)2-14-6(4)15-7(9,10)11/h2H,1,12H2,(H2,13,14). The van der Waals surface area contributed by atoms with Crippen LogP contribution in [0.4, 0.5) is 18.9 Å². The predicted octanol–water partition coefficient (Wildman–Crippen LogP) is 1.78. The van der Waals surface area contributed by atoms with Crippen molar-refractivity contribution in [1.82, 2.24) is 4.98 Å². The van der Waals surface area contributed by atoms with E-state index in [4.69, 9.17) is 11.5 Å². The molecule has 1 aromatic heterocycles. The van der Waals surface area contributed by atoms with Gasteiger partial charge in [0, 0.05) is 18.3 Å². The molecule has 0 atom stereocenters. The fourth-order valence-corrected chi connectivity index (χ4v) is 1.30. The first-order valence-electron chi connectivity index (χ1n) is 3.74. The van der Waals surface area contributed by atoms with Crippen molar-refractivity contribution in [2.24, 2.45) is 5.73 Å². The smallest absolute Gasteiger partial charge is 0.397 e. The lowest BCUT2D eigenvalue weighted by atomic mass is 10.2. The van der Waals surface area contributed by atoms with Crippen molar-refractivity contribution in [3.05, 3.63) is 16.2 Å². The molecule has 4 N–H and O–H groups in total. The average molecular weight is 286 g/mol. The molecule has 0 fully saturated rings. The normalized spacial score (nSPS) is 11.5. The molecule has 0 aliphatic carbocycles. The monoisotopic (exact) mass is 285 g/mol. The van der Waals surface area contributed by atoms with E-state index in [0.717, 1.165) is 6.20 Å². The van der Waals surface area contributed by atoms with E-state index in [-0.39, 0.29) is 16.7 Å². The minimum Gasteiger partial charge on any atom is -0.397 e. The highest BCUT2D eigenvalue weighted by Crippen LogP contribution is 2.33. The molecule has 0 amide bonds. The average Bonchev–Trinajstić information content (AvgIpc) is 2.11. The van der Waals surface area contributed by atoms with Crippen LogP contribution in [0.15, 0.2) is 10.7 Å². The third kappa shape index (κ3) is 2.96. The highest BCUT2D eigenvalue weighted by Gasteiger charge is 2.33. The lowest BCUT2D eigenvalue weighted by Gasteiger charge is -2.12. The summed E-state index contributed by atoms with van der Waals surface area (Å²) in [6.45, 7) is 0.0870. The number of ether oxygens (including phenoxy) is 1. The van der Waals surface area contributed by atoms with Crippen molar-refractivity contribution in [2.45, 2.75) is 12.9 Å². The predicted molar refractivity (Wildman–Crippen MR) is 50.9 cm³/mol. The Hall–Kier alpha value is -1.02. The summed E-state index contributed by atoms with van der Waals surface area (Å²) in [7, 11) is 0. The summed E-state index contributed by atoms with van der Waals surface area (Å²) in [4.78, 5) is 3.45. The van der Waals surface area contributed by atoms with Crippen molar-refractivity contribution >= 4 is 21.6 Å². The molecule has 1 aromatic rings. The van der Waals surface area contributed by atoms with Gasteiger partial charge in [-0.3, -0.25) is 0 Å². The maximum Gasteiger partial charge on any atom is 0.574 e. The van der Waals surface area contributed by atoms with Crippen LogP contribution in [0.2, 0.25) is 0 Å². The van der Waals surface area contributed by atoms with Crippen molar-refractivity contribution in [1.29, 1.82) is 0 Å². The molecule has 0 radical (unpaired) electrons. The summed E-state index contributed by atoms with van der Waals surface area (Å²) in [5.74, 6) is -0.628. The number of rotatable bonds is 2. The zero-order valence-corrected chi connectivity index (χ0v) is 8.89. The zero-order chi connectivity index (χ0) is 11.6. The van der Waals surface area contributed by atoms with Crippen molar-refractivity contribution in [2.75, 3.05) is 5.73 Å². The number of nitrogens with zero attached hydrogens (tertiary/aromatic N) is 1. The van der Waals surface area contributed by atoms with Crippen LogP contribution in [0, 0.1) is 0 Å². The van der Waals surface area contributed by atoms with Crippen molar-refractivity contribution in [3.63, 3.8) is 0 Å². The molecule has 0 aliphatic heterocycles. The van der Waals surface area contributed by atoms with Gasteiger partial charge < -0.3 is 16.2 Å². The van der Waals surface area contributed by atoms with Crippen LogP contribution in [-0.2, 0) is 6.54 Å². The first-order valence-corrected chi connectivity index (χ1v) is 4.53.